The maximum absolute atomic E-state index is 11.8. The van der Waals surface area contributed by atoms with E-state index >= 15 is 0 Å². The summed E-state index contributed by atoms with van der Waals surface area (Å²) in [5.74, 6) is 0.127. The van der Waals surface area contributed by atoms with Crippen LogP contribution >= 0.6 is 11.8 Å². The number of methoxy groups -OCH3 is 1. The van der Waals surface area contributed by atoms with Crippen molar-refractivity contribution < 1.29 is 14.6 Å². The number of rotatable bonds is 9. The first-order valence-corrected chi connectivity index (χ1v) is 9.67. The van der Waals surface area contributed by atoms with Crippen LogP contribution in [0, 0.1) is 5.41 Å². The van der Waals surface area contributed by atoms with Crippen molar-refractivity contribution in [3.8, 4) is 5.75 Å². The molecule has 138 valence electrons. The fourth-order valence-electron chi connectivity index (χ4n) is 3.13. The molecule has 0 amide bonds. The number of benzene rings is 1. The average Bonchev–Trinajstić information content (AvgIpc) is 3.08. The molecular weight excluding hydrogens is 336 g/mol. The van der Waals surface area contributed by atoms with Crippen LogP contribution in [0.15, 0.2) is 29.4 Å². The van der Waals surface area contributed by atoms with Crippen molar-refractivity contribution in [2.24, 2.45) is 10.5 Å². The molecule has 0 saturated carbocycles. The smallest absolute Gasteiger partial charge is 0.309 e. The van der Waals surface area contributed by atoms with Crippen LogP contribution in [0.25, 0.3) is 0 Å². The first-order valence-electron chi connectivity index (χ1n) is 8.86. The van der Waals surface area contributed by atoms with Crippen LogP contribution < -0.4 is 10.2 Å². The SMILES string of the molecule is CCC1(CCC(CC)(CC)C(=O)O)NN=C(c2ccc(OC)cc2)S1. The van der Waals surface area contributed by atoms with Gasteiger partial charge in [-0.25, -0.2) is 0 Å². The van der Waals surface area contributed by atoms with E-state index in [1.165, 1.54) is 0 Å². The second-order valence-corrected chi connectivity index (χ2v) is 7.87. The van der Waals surface area contributed by atoms with Gasteiger partial charge in [0.1, 0.15) is 15.7 Å². The van der Waals surface area contributed by atoms with E-state index in [-0.39, 0.29) is 4.87 Å². The predicted molar refractivity (Wildman–Crippen MR) is 103 cm³/mol. The molecule has 5 nitrogen and oxygen atoms in total. The topological polar surface area (TPSA) is 70.9 Å². The molecule has 2 N–H and O–H groups in total. The molecular formula is C19H28N2O3S. The molecule has 25 heavy (non-hydrogen) atoms. The zero-order chi connectivity index (χ0) is 18.5. The number of thioether (sulfide) groups is 1. The van der Waals surface area contributed by atoms with Crippen LogP contribution in [0.3, 0.4) is 0 Å². The van der Waals surface area contributed by atoms with E-state index in [1.54, 1.807) is 18.9 Å². The Labute approximate surface area is 154 Å². The summed E-state index contributed by atoms with van der Waals surface area (Å²) >= 11 is 1.70. The number of aliphatic carboxylic acids is 1. The fraction of sp³-hybridized carbons (Fsp3) is 0.579. The Morgan fingerprint density at radius 2 is 1.92 bits per heavy atom. The summed E-state index contributed by atoms with van der Waals surface area (Å²) in [7, 11) is 1.65. The van der Waals surface area contributed by atoms with Gasteiger partial charge in [-0.1, -0.05) is 32.5 Å². The van der Waals surface area contributed by atoms with Crippen LogP contribution in [-0.4, -0.2) is 28.1 Å². The van der Waals surface area contributed by atoms with Crippen molar-refractivity contribution >= 4 is 22.8 Å². The van der Waals surface area contributed by atoms with Crippen LogP contribution in [0.4, 0.5) is 0 Å². The van der Waals surface area contributed by atoms with Gasteiger partial charge in [-0.05, 0) is 56.4 Å². The van der Waals surface area contributed by atoms with Gasteiger partial charge >= 0.3 is 5.97 Å². The molecule has 2 rings (SSSR count). The number of hydrogen-bond donors (Lipinski definition) is 2. The molecule has 0 aliphatic carbocycles. The van der Waals surface area contributed by atoms with Gasteiger partial charge < -0.3 is 9.84 Å². The van der Waals surface area contributed by atoms with Crippen molar-refractivity contribution in [3.63, 3.8) is 0 Å². The summed E-state index contributed by atoms with van der Waals surface area (Å²) in [5, 5.41) is 15.1. The minimum Gasteiger partial charge on any atom is -0.497 e. The summed E-state index contributed by atoms with van der Waals surface area (Å²) in [6.45, 7) is 6.04. The summed E-state index contributed by atoms with van der Waals surface area (Å²) in [4.78, 5) is 11.5. The second kappa shape index (κ2) is 8.13. The molecule has 1 aromatic carbocycles. The highest BCUT2D eigenvalue weighted by Crippen LogP contribution is 2.43. The molecule has 0 saturated heterocycles. The molecule has 0 radical (unpaired) electrons. The summed E-state index contributed by atoms with van der Waals surface area (Å²) < 4.78 is 5.20. The zero-order valence-electron chi connectivity index (χ0n) is 15.5. The number of ether oxygens (including phenoxy) is 1. The van der Waals surface area contributed by atoms with Crippen molar-refractivity contribution in [1.29, 1.82) is 0 Å². The molecule has 1 aromatic rings. The number of nitrogens with one attached hydrogen (secondary N) is 1. The Hall–Kier alpha value is -1.69. The molecule has 1 unspecified atom stereocenters. The second-order valence-electron chi connectivity index (χ2n) is 6.50. The monoisotopic (exact) mass is 364 g/mol. The lowest BCUT2D eigenvalue weighted by Crippen LogP contribution is -2.39. The first kappa shape index (κ1) is 19.6. The zero-order valence-corrected chi connectivity index (χ0v) is 16.3. The molecule has 0 fully saturated rings. The Bertz CT molecular complexity index is 626. The van der Waals surface area contributed by atoms with Gasteiger partial charge in [0.25, 0.3) is 0 Å². The van der Waals surface area contributed by atoms with Crippen molar-refractivity contribution in [2.45, 2.75) is 57.7 Å². The third kappa shape index (κ3) is 4.11. The van der Waals surface area contributed by atoms with Gasteiger partial charge in [0, 0.05) is 5.56 Å². The summed E-state index contributed by atoms with van der Waals surface area (Å²) in [5.41, 5.74) is 3.68. The first-order chi connectivity index (χ1) is 11.9. The van der Waals surface area contributed by atoms with Gasteiger partial charge in [0.05, 0.1) is 12.5 Å². The van der Waals surface area contributed by atoms with Crippen LogP contribution in [0.2, 0.25) is 0 Å². The number of hydrazone groups is 1. The Kier molecular flexibility index (Phi) is 6.38. The minimum atomic E-state index is -0.692. The quantitative estimate of drug-likeness (QED) is 0.676. The average molecular weight is 365 g/mol. The maximum atomic E-state index is 11.8. The summed E-state index contributed by atoms with van der Waals surface area (Å²) in [6, 6.07) is 7.84. The van der Waals surface area contributed by atoms with E-state index in [0.29, 0.717) is 19.3 Å². The molecule has 1 heterocycles. The molecule has 0 aromatic heterocycles. The van der Waals surface area contributed by atoms with Crippen LogP contribution in [0.1, 0.15) is 58.4 Å². The van der Waals surface area contributed by atoms with Crippen LogP contribution in [-0.2, 0) is 4.79 Å². The summed E-state index contributed by atoms with van der Waals surface area (Å²) in [6.07, 6.45) is 3.59. The number of carboxylic acid groups (broad SMARTS) is 1. The lowest BCUT2D eigenvalue weighted by atomic mass is 9.77. The highest BCUT2D eigenvalue weighted by Gasteiger charge is 2.41. The van der Waals surface area contributed by atoms with Gasteiger partial charge in [0.2, 0.25) is 0 Å². The number of nitrogens with zero attached hydrogens (tertiary/aromatic N) is 1. The molecule has 0 spiro atoms. The molecule has 0 bridgehead atoms. The van der Waals surface area contributed by atoms with Crippen molar-refractivity contribution in [1.82, 2.24) is 5.43 Å². The van der Waals surface area contributed by atoms with Crippen molar-refractivity contribution in [3.05, 3.63) is 29.8 Å². The standard InChI is InChI=1S/C19H28N2O3S/c1-5-18(6-2,17(22)23)12-13-19(7-3)21-20-16(25-19)14-8-10-15(24-4)11-9-14/h8-11,21H,5-7,12-13H2,1-4H3,(H,22,23). The van der Waals surface area contributed by atoms with E-state index in [1.807, 2.05) is 38.1 Å². The van der Waals surface area contributed by atoms with Gasteiger partial charge in [-0.15, -0.1) is 0 Å². The number of carbonyl (C=O) groups is 1. The lowest BCUT2D eigenvalue weighted by Gasteiger charge is -2.33. The van der Waals surface area contributed by atoms with E-state index in [4.69, 9.17) is 4.74 Å². The molecule has 1 atom stereocenters. The fourth-order valence-corrected chi connectivity index (χ4v) is 4.28. The minimum absolute atomic E-state index is 0.236. The maximum Gasteiger partial charge on any atom is 0.309 e. The van der Waals surface area contributed by atoms with E-state index < -0.39 is 11.4 Å². The largest absolute Gasteiger partial charge is 0.497 e. The Morgan fingerprint density at radius 3 is 2.40 bits per heavy atom. The lowest BCUT2D eigenvalue weighted by molar-refractivity contribution is -0.150. The van der Waals surface area contributed by atoms with Crippen LogP contribution in [0.5, 0.6) is 5.75 Å². The van der Waals surface area contributed by atoms with E-state index in [2.05, 4.69) is 17.5 Å². The highest BCUT2D eigenvalue weighted by molar-refractivity contribution is 8.15. The normalized spacial score (nSPS) is 20.1. The van der Waals surface area contributed by atoms with Gasteiger partial charge in [-0.3, -0.25) is 10.2 Å². The van der Waals surface area contributed by atoms with E-state index in [0.717, 1.165) is 29.2 Å². The molecule has 6 heteroatoms. The number of carboxylic acids is 1. The van der Waals surface area contributed by atoms with Gasteiger partial charge in [-0.2, -0.15) is 5.10 Å². The number of hydrogen-bond acceptors (Lipinski definition) is 5. The Morgan fingerprint density at radius 1 is 1.28 bits per heavy atom. The third-order valence-electron chi connectivity index (χ3n) is 5.38. The third-order valence-corrected chi connectivity index (χ3v) is 6.87. The molecule has 1 aliphatic rings. The highest BCUT2D eigenvalue weighted by atomic mass is 32.2. The predicted octanol–water partition coefficient (Wildman–Crippen LogP) is 4.47. The van der Waals surface area contributed by atoms with Crippen molar-refractivity contribution in [2.75, 3.05) is 7.11 Å². The molecule has 1 aliphatic heterocycles. The van der Waals surface area contributed by atoms with Gasteiger partial charge in [0.15, 0.2) is 0 Å². The Balaban J connectivity index is 2.09. The van der Waals surface area contributed by atoms with E-state index in [9.17, 15) is 9.90 Å².